The van der Waals surface area contributed by atoms with Crippen molar-refractivity contribution in [1.82, 2.24) is 4.90 Å². The van der Waals surface area contributed by atoms with E-state index in [9.17, 15) is 13.6 Å². The van der Waals surface area contributed by atoms with E-state index in [1.807, 2.05) is 0 Å². The monoisotopic (exact) mass is 350 g/mol. The lowest BCUT2D eigenvalue weighted by molar-refractivity contribution is -0.121. The third kappa shape index (κ3) is 3.14. The van der Waals surface area contributed by atoms with Crippen LogP contribution in [0.5, 0.6) is 0 Å². The molecule has 3 rings (SSSR count). The Kier molecular flexibility index (Phi) is 4.83. The van der Waals surface area contributed by atoms with Crippen LogP contribution in [0.2, 0.25) is 5.02 Å². The fraction of sp³-hybridized carbons (Fsp3) is 0.278. The summed E-state index contributed by atoms with van der Waals surface area (Å²) in [4.78, 5) is 15.9. The lowest BCUT2D eigenvalue weighted by atomic mass is 10.1. The number of carbonyl (C=O) groups excluding carboxylic acids is 1. The first-order chi connectivity index (χ1) is 11.5. The number of hydrogen-bond donors (Lipinski definition) is 0. The van der Waals surface area contributed by atoms with Gasteiger partial charge < -0.3 is 4.90 Å². The first kappa shape index (κ1) is 16.9. The second kappa shape index (κ2) is 6.87. The van der Waals surface area contributed by atoms with Crippen LogP contribution in [0.4, 0.5) is 14.5 Å². The lowest BCUT2D eigenvalue weighted by Crippen LogP contribution is -2.39. The molecule has 0 N–H and O–H groups in total. The summed E-state index contributed by atoms with van der Waals surface area (Å²) in [5.41, 5.74) is 0.640. The Morgan fingerprint density at radius 3 is 2.58 bits per heavy atom. The molecule has 0 spiro atoms. The van der Waals surface area contributed by atoms with Crippen LogP contribution in [0, 0.1) is 11.6 Å². The molecule has 0 aromatic heterocycles. The van der Waals surface area contributed by atoms with Gasteiger partial charge in [-0.15, -0.1) is 0 Å². The van der Waals surface area contributed by atoms with Gasteiger partial charge in [0.2, 0.25) is 5.91 Å². The minimum atomic E-state index is -0.430. The lowest BCUT2D eigenvalue weighted by Gasteiger charge is -2.24. The summed E-state index contributed by atoms with van der Waals surface area (Å²) >= 11 is 6.05. The van der Waals surface area contributed by atoms with E-state index >= 15 is 0 Å². The van der Waals surface area contributed by atoms with E-state index < -0.39 is 17.7 Å². The first-order valence-corrected chi connectivity index (χ1v) is 8.06. The minimum Gasteiger partial charge on any atom is -0.308 e. The summed E-state index contributed by atoms with van der Waals surface area (Å²) in [7, 11) is 1.75. The van der Waals surface area contributed by atoms with Gasteiger partial charge in [0.15, 0.2) is 0 Å². The van der Waals surface area contributed by atoms with E-state index in [0.717, 1.165) is 0 Å². The van der Waals surface area contributed by atoms with E-state index in [4.69, 9.17) is 11.6 Å². The molecule has 1 atom stereocenters. The van der Waals surface area contributed by atoms with E-state index in [0.29, 0.717) is 23.6 Å². The number of likely N-dealkylation sites (N-methyl/N-ethyl adjacent to an activating group) is 1. The van der Waals surface area contributed by atoms with Gasteiger partial charge in [0.1, 0.15) is 11.6 Å². The topological polar surface area (TPSA) is 23.6 Å². The molecule has 0 bridgehead atoms. The molecule has 1 amide bonds. The molecule has 0 aliphatic carbocycles. The highest BCUT2D eigenvalue weighted by atomic mass is 35.5. The highest BCUT2D eigenvalue weighted by molar-refractivity contribution is 6.31. The molecule has 2 aromatic carbocycles. The SMILES string of the molecule is CN(Cc1c(F)cccc1Cl)C1CCN(c2ccccc2F)C1=O. The van der Waals surface area contributed by atoms with Gasteiger partial charge in [0, 0.05) is 23.7 Å². The quantitative estimate of drug-likeness (QED) is 0.836. The van der Waals surface area contributed by atoms with Gasteiger partial charge in [0.25, 0.3) is 0 Å². The summed E-state index contributed by atoms with van der Waals surface area (Å²) < 4.78 is 27.9. The predicted octanol–water partition coefficient (Wildman–Crippen LogP) is 3.86. The van der Waals surface area contributed by atoms with Crippen molar-refractivity contribution in [2.75, 3.05) is 18.5 Å². The van der Waals surface area contributed by atoms with Crippen molar-refractivity contribution in [2.24, 2.45) is 0 Å². The molecule has 24 heavy (non-hydrogen) atoms. The van der Waals surface area contributed by atoms with Gasteiger partial charge in [-0.05, 0) is 37.7 Å². The smallest absolute Gasteiger partial charge is 0.244 e. The highest BCUT2D eigenvalue weighted by Gasteiger charge is 2.36. The number of rotatable bonds is 4. The van der Waals surface area contributed by atoms with Crippen LogP contribution in [0.3, 0.4) is 0 Å². The molecule has 1 unspecified atom stereocenters. The zero-order valence-electron chi connectivity index (χ0n) is 13.2. The molecule has 2 aromatic rings. The molecule has 1 aliphatic rings. The largest absolute Gasteiger partial charge is 0.308 e. The zero-order chi connectivity index (χ0) is 17.3. The first-order valence-electron chi connectivity index (χ1n) is 7.68. The number of nitrogens with zero attached hydrogens (tertiary/aromatic N) is 2. The van der Waals surface area contributed by atoms with Crippen LogP contribution in [-0.4, -0.2) is 30.4 Å². The van der Waals surface area contributed by atoms with Crippen LogP contribution < -0.4 is 4.90 Å². The molecular formula is C18H17ClF2N2O. The number of carbonyl (C=O) groups is 1. The molecule has 1 fully saturated rings. The fourth-order valence-electron chi connectivity index (χ4n) is 3.03. The zero-order valence-corrected chi connectivity index (χ0v) is 13.9. The number of benzene rings is 2. The Balaban J connectivity index is 1.77. The Morgan fingerprint density at radius 2 is 1.88 bits per heavy atom. The minimum absolute atomic E-state index is 0.185. The number of halogens is 3. The molecule has 0 saturated carbocycles. The standard InChI is InChI=1S/C18H17ClF2N2O/c1-22(11-12-13(19)5-4-7-14(12)20)17-9-10-23(18(17)24)16-8-3-2-6-15(16)21/h2-8,17H,9-11H2,1H3. The van der Waals surface area contributed by atoms with Crippen LogP contribution in [-0.2, 0) is 11.3 Å². The summed E-state index contributed by atoms with van der Waals surface area (Å²) in [5, 5.41) is 0.332. The average Bonchev–Trinajstić information content (AvgIpc) is 2.93. The average molecular weight is 351 g/mol. The van der Waals surface area contributed by atoms with Crippen molar-refractivity contribution >= 4 is 23.2 Å². The van der Waals surface area contributed by atoms with Gasteiger partial charge in [-0.3, -0.25) is 9.69 Å². The number of anilines is 1. The van der Waals surface area contributed by atoms with Crippen molar-refractivity contribution < 1.29 is 13.6 Å². The Labute approximate surface area is 144 Å². The fourth-order valence-corrected chi connectivity index (χ4v) is 3.25. The van der Waals surface area contributed by atoms with Gasteiger partial charge in [-0.2, -0.15) is 0 Å². The van der Waals surface area contributed by atoms with Crippen molar-refractivity contribution in [3.63, 3.8) is 0 Å². The Bertz CT molecular complexity index is 748. The van der Waals surface area contributed by atoms with Gasteiger partial charge >= 0.3 is 0 Å². The van der Waals surface area contributed by atoms with Crippen molar-refractivity contribution in [3.8, 4) is 0 Å². The Hall–Kier alpha value is -1.98. The van der Waals surface area contributed by atoms with Crippen LogP contribution in [0.15, 0.2) is 42.5 Å². The van der Waals surface area contributed by atoms with Gasteiger partial charge in [-0.1, -0.05) is 29.8 Å². The van der Waals surface area contributed by atoms with E-state index in [2.05, 4.69) is 0 Å². The maximum atomic E-state index is 13.9. The van der Waals surface area contributed by atoms with E-state index in [1.54, 1.807) is 42.3 Å². The molecule has 6 heteroatoms. The molecule has 126 valence electrons. The second-order valence-corrected chi connectivity index (χ2v) is 6.27. The molecule has 1 saturated heterocycles. The molecular weight excluding hydrogens is 334 g/mol. The number of amides is 1. The normalized spacial score (nSPS) is 17.8. The third-order valence-electron chi connectivity index (χ3n) is 4.32. The summed E-state index contributed by atoms with van der Waals surface area (Å²) in [6, 6.07) is 10.3. The highest BCUT2D eigenvalue weighted by Crippen LogP contribution is 2.28. The number of hydrogen-bond acceptors (Lipinski definition) is 2. The summed E-state index contributed by atoms with van der Waals surface area (Å²) in [6.07, 6.45) is 0.551. The van der Waals surface area contributed by atoms with E-state index in [-0.39, 0.29) is 18.1 Å². The molecule has 0 radical (unpaired) electrons. The van der Waals surface area contributed by atoms with Gasteiger partial charge in [-0.25, -0.2) is 8.78 Å². The second-order valence-electron chi connectivity index (χ2n) is 5.86. The molecule has 1 aliphatic heterocycles. The van der Waals surface area contributed by atoms with E-state index in [1.165, 1.54) is 17.0 Å². The van der Waals surface area contributed by atoms with Crippen molar-refractivity contribution in [3.05, 3.63) is 64.7 Å². The maximum absolute atomic E-state index is 13.9. The Morgan fingerprint density at radius 1 is 1.17 bits per heavy atom. The maximum Gasteiger partial charge on any atom is 0.244 e. The van der Waals surface area contributed by atoms with Crippen molar-refractivity contribution in [1.29, 1.82) is 0 Å². The van der Waals surface area contributed by atoms with Crippen LogP contribution >= 0.6 is 11.6 Å². The molecule has 3 nitrogen and oxygen atoms in total. The predicted molar refractivity (Wildman–Crippen MR) is 90.0 cm³/mol. The molecule has 1 heterocycles. The van der Waals surface area contributed by atoms with Crippen LogP contribution in [0.25, 0.3) is 0 Å². The summed E-state index contributed by atoms with van der Waals surface area (Å²) in [6.45, 7) is 0.646. The summed E-state index contributed by atoms with van der Waals surface area (Å²) in [5.74, 6) is -1.01. The van der Waals surface area contributed by atoms with Gasteiger partial charge in [0.05, 0.1) is 11.7 Å². The van der Waals surface area contributed by atoms with Crippen LogP contribution in [0.1, 0.15) is 12.0 Å². The number of para-hydroxylation sites is 1. The van der Waals surface area contributed by atoms with Crippen molar-refractivity contribution in [2.45, 2.75) is 19.0 Å². The third-order valence-corrected chi connectivity index (χ3v) is 4.68.